The topological polar surface area (TPSA) is 55.1 Å². The van der Waals surface area contributed by atoms with Crippen molar-refractivity contribution in [3.8, 4) is 11.6 Å². The molecule has 5 heteroatoms. The molecule has 0 aliphatic carbocycles. The van der Waals surface area contributed by atoms with Crippen molar-refractivity contribution in [3.63, 3.8) is 0 Å². The van der Waals surface area contributed by atoms with Crippen LogP contribution >= 0.6 is 11.8 Å². The summed E-state index contributed by atoms with van der Waals surface area (Å²) in [4.78, 5) is 16.0. The zero-order valence-electron chi connectivity index (χ0n) is 10.0. The summed E-state index contributed by atoms with van der Waals surface area (Å²) in [6, 6.07) is 10.4. The van der Waals surface area contributed by atoms with Crippen LogP contribution in [0, 0.1) is 0 Å². The van der Waals surface area contributed by atoms with Crippen LogP contribution in [0.25, 0.3) is 5.69 Å². The molecule has 0 aliphatic heterocycles. The molecule has 0 fully saturated rings. The molecule has 94 valence electrons. The molecular weight excluding hydrogens is 248 g/mol. The van der Waals surface area contributed by atoms with Crippen molar-refractivity contribution in [2.45, 2.75) is 18.5 Å². The number of hydrogen-bond acceptors (Lipinski definition) is 4. The highest BCUT2D eigenvalue weighted by Crippen LogP contribution is 2.20. The molecule has 1 aromatic heterocycles. The minimum Gasteiger partial charge on any atom is -0.493 e. The molecule has 0 bridgehead atoms. The first kappa shape index (κ1) is 12.7. The summed E-state index contributed by atoms with van der Waals surface area (Å²) in [5, 5.41) is 9.95. The molecule has 1 heterocycles. The number of thioether (sulfide) groups is 1. The fraction of sp³-hybridized carbons (Fsp3) is 0.231. The highest BCUT2D eigenvalue weighted by atomic mass is 32.2. The molecule has 0 radical (unpaired) electrons. The summed E-state index contributed by atoms with van der Waals surface area (Å²) < 4.78 is 1.51. The maximum absolute atomic E-state index is 12.0. The highest BCUT2D eigenvalue weighted by Gasteiger charge is 2.10. The molecule has 0 amide bonds. The smallest absolute Gasteiger partial charge is 0.262 e. The van der Waals surface area contributed by atoms with Gasteiger partial charge in [-0.3, -0.25) is 9.36 Å². The Bertz CT molecular complexity index is 581. The molecule has 1 N–H and O–H groups in total. The average Bonchev–Trinajstić information content (AvgIpc) is 2.36. The highest BCUT2D eigenvalue weighted by molar-refractivity contribution is 7.99. The molecule has 2 aromatic rings. The van der Waals surface area contributed by atoms with Gasteiger partial charge in [-0.15, -0.1) is 0 Å². The molecule has 4 nitrogen and oxygen atoms in total. The van der Waals surface area contributed by atoms with Crippen molar-refractivity contribution >= 4 is 11.8 Å². The summed E-state index contributed by atoms with van der Waals surface area (Å²) in [7, 11) is 0. The average molecular weight is 262 g/mol. The van der Waals surface area contributed by atoms with Crippen LogP contribution in [0.15, 0.2) is 46.3 Å². The van der Waals surface area contributed by atoms with Crippen molar-refractivity contribution < 1.29 is 5.11 Å². The first-order valence-corrected chi connectivity index (χ1v) is 6.72. The Kier molecular flexibility index (Phi) is 4.04. The number of hydrogen-bond donors (Lipinski definition) is 1. The Balaban J connectivity index is 2.54. The lowest BCUT2D eigenvalue weighted by Gasteiger charge is -2.10. The van der Waals surface area contributed by atoms with Gasteiger partial charge in [0.2, 0.25) is 5.88 Å². The summed E-state index contributed by atoms with van der Waals surface area (Å²) in [6.07, 6.45) is 0.977. The zero-order chi connectivity index (χ0) is 13.0. The molecule has 2 rings (SSSR count). The van der Waals surface area contributed by atoms with E-state index in [0.717, 1.165) is 23.9 Å². The lowest BCUT2D eigenvalue weighted by molar-refractivity contribution is 0.441. The third-order valence-electron chi connectivity index (χ3n) is 2.32. The van der Waals surface area contributed by atoms with Crippen LogP contribution in [0.1, 0.15) is 13.3 Å². The van der Waals surface area contributed by atoms with Crippen molar-refractivity contribution in [1.29, 1.82) is 0 Å². The van der Waals surface area contributed by atoms with Crippen molar-refractivity contribution in [3.05, 3.63) is 46.8 Å². The molecule has 0 saturated heterocycles. The number of aromatic hydroxyl groups is 1. The van der Waals surface area contributed by atoms with Gasteiger partial charge in [-0.2, -0.15) is 4.98 Å². The summed E-state index contributed by atoms with van der Waals surface area (Å²) in [6.45, 7) is 2.06. The van der Waals surface area contributed by atoms with Crippen molar-refractivity contribution in [1.82, 2.24) is 9.55 Å². The predicted molar refractivity (Wildman–Crippen MR) is 72.5 cm³/mol. The number of benzene rings is 1. The van der Waals surface area contributed by atoms with Crippen LogP contribution in [0.3, 0.4) is 0 Å². The Morgan fingerprint density at radius 1 is 1.33 bits per heavy atom. The van der Waals surface area contributed by atoms with Crippen LogP contribution in [0.2, 0.25) is 0 Å². The van der Waals surface area contributed by atoms with Crippen LogP contribution < -0.4 is 5.56 Å². The van der Waals surface area contributed by atoms with E-state index in [1.165, 1.54) is 16.3 Å². The third kappa shape index (κ3) is 2.73. The van der Waals surface area contributed by atoms with Gasteiger partial charge in [0, 0.05) is 5.75 Å². The number of rotatable bonds is 4. The lowest BCUT2D eigenvalue weighted by atomic mass is 10.3. The standard InChI is InChI=1S/C13H14N2O2S/c1-2-8-18-13-14-11(16)9-12(17)15(13)10-6-4-3-5-7-10/h3-7,9,16H,2,8H2,1H3. The molecule has 1 aromatic carbocycles. The Labute approximate surface area is 109 Å². The van der Waals surface area contributed by atoms with E-state index in [-0.39, 0.29) is 11.4 Å². The van der Waals surface area contributed by atoms with E-state index in [0.29, 0.717) is 5.16 Å². The van der Waals surface area contributed by atoms with Gasteiger partial charge in [0.1, 0.15) is 0 Å². The summed E-state index contributed by atoms with van der Waals surface area (Å²) >= 11 is 1.46. The van der Waals surface area contributed by atoms with E-state index in [4.69, 9.17) is 0 Å². The molecule has 18 heavy (non-hydrogen) atoms. The quantitative estimate of drug-likeness (QED) is 0.679. The number of aromatic nitrogens is 2. The zero-order valence-corrected chi connectivity index (χ0v) is 10.9. The van der Waals surface area contributed by atoms with Gasteiger partial charge < -0.3 is 5.11 Å². The van der Waals surface area contributed by atoms with Gasteiger partial charge in [0.25, 0.3) is 5.56 Å². The van der Waals surface area contributed by atoms with Crippen LogP contribution in [0.5, 0.6) is 5.88 Å². The second-order valence-electron chi connectivity index (χ2n) is 3.75. The minimum atomic E-state index is -0.271. The fourth-order valence-electron chi connectivity index (χ4n) is 1.55. The summed E-state index contributed by atoms with van der Waals surface area (Å²) in [5.74, 6) is 0.619. The number of para-hydroxylation sites is 1. The molecule has 0 aliphatic rings. The molecule has 0 saturated carbocycles. The molecule has 0 unspecified atom stereocenters. The predicted octanol–water partition coefficient (Wildman–Crippen LogP) is 2.44. The largest absolute Gasteiger partial charge is 0.493 e. The van der Waals surface area contributed by atoms with Crippen molar-refractivity contribution in [2.24, 2.45) is 0 Å². The van der Waals surface area contributed by atoms with Crippen molar-refractivity contribution in [2.75, 3.05) is 5.75 Å². The third-order valence-corrected chi connectivity index (χ3v) is 3.47. The van der Waals surface area contributed by atoms with E-state index < -0.39 is 0 Å². The number of nitrogens with zero attached hydrogens (tertiary/aromatic N) is 2. The second kappa shape index (κ2) is 5.73. The van der Waals surface area contributed by atoms with E-state index in [9.17, 15) is 9.90 Å². The first-order chi connectivity index (χ1) is 8.72. The normalized spacial score (nSPS) is 10.5. The second-order valence-corrected chi connectivity index (χ2v) is 4.82. The first-order valence-electron chi connectivity index (χ1n) is 5.73. The van der Waals surface area contributed by atoms with E-state index in [2.05, 4.69) is 11.9 Å². The van der Waals surface area contributed by atoms with Gasteiger partial charge in [0.15, 0.2) is 5.16 Å². The van der Waals surface area contributed by atoms with Crippen LogP contribution in [-0.4, -0.2) is 20.4 Å². The van der Waals surface area contributed by atoms with E-state index >= 15 is 0 Å². The fourth-order valence-corrected chi connectivity index (χ4v) is 2.42. The van der Waals surface area contributed by atoms with Gasteiger partial charge in [-0.05, 0) is 18.6 Å². The molecular formula is C13H14N2O2S. The molecule has 0 spiro atoms. The van der Waals surface area contributed by atoms with Gasteiger partial charge in [-0.1, -0.05) is 36.9 Å². The van der Waals surface area contributed by atoms with Gasteiger partial charge in [0.05, 0.1) is 11.8 Å². The van der Waals surface area contributed by atoms with Gasteiger partial charge >= 0.3 is 0 Å². The maximum atomic E-state index is 12.0. The van der Waals surface area contributed by atoms with Crippen LogP contribution in [-0.2, 0) is 0 Å². The Morgan fingerprint density at radius 3 is 2.72 bits per heavy atom. The van der Waals surface area contributed by atoms with E-state index in [1.807, 2.05) is 30.3 Å². The minimum absolute atomic E-state index is 0.231. The maximum Gasteiger partial charge on any atom is 0.262 e. The Hall–Kier alpha value is -1.75. The van der Waals surface area contributed by atoms with Crippen LogP contribution in [0.4, 0.5) is 0 Å². The Morgan fingerprint density at radius 2 is 2.06 bits per heavy atom. The lowest BCUT2D eigenvalue weighted by Crippen LogP contribution is -2.20. The monoisotopic (exact) mass is 262 g/mol. The SMILES string of the molecule is CCCSc1nc(O)cc(=O)n1-c1ccccc1. The van der Waals surface area contributed by atoms with E-state index in [1.54, 1.807) is 0 Å². The van der Waals surface area contributed by atoms with Gasteiger partial charge in [-0.25, -0.2) is 0 Å². The summed E-state index contributed by atoms with van der Waals surface area (Å²) in [5.41, 5.74) is 0.487. The molecule has 0 atom stereocenters.